The van der Waals surface area contributed by atoms with Crippen molar-refractivity contribution >= 4 is 0 Å². The Labute approximate surface area is 107 Å². The van der Waals surface area contributed by atoms with Gasteiger partial charge >= 0.3 is 0 Å². The monoisotopic (exact) mass is 245 g/mol. The van der Waals surface area contributed by atoms with E-state index in [1.807, 2.05) is 44.4 Å². The van der Waals surface area contributed by atoms with Gasteiger partial charge in [-0.05, 0) is 43.8 Å². The van der Waals surface area contributed by atoms with E-state index in [0.29, 0.717) is 6.61 Å². The zero-order valence-electron chi connectivity index (χ0n) is 10.9. The molecule has 4 heteroatoms. The van der Waals surface area contributed by atoms with Crippen molar-refractivity contribution in [2.75, 3.05) is 20.2 Å². The number of benzene rings is 1. The summed E-state index contributed by atoms with van der Waals surface area (Å²) in [6.07, 6.45) is 2.79. The summed E-state index contributed by atoms with van der Waals surface area (Å²) in [7, 11) is 1.94. The van der Waals surface area contributed by atoms with Crippen LogP contribution in [0.25, 0.3) is 11.3 Å². The number of nitrogens with one attached hydrogen (secondary N) is 2. The lowest BCUT2D eigenvalue weighted by Crippen LogP contribution is -2.10. The number of rotatable bonds is 6. The van der Waals surface area contributed by atoms with Gasteiger partial charge in [0.2, 0.25) is 0 Å². The number of hydrogen-bond donors (Lipinski definition) is 2. The first-order chi connectivity index (χ1) is 8.83. The molecule has 0 unspecified atom stereocenters. The van der Waals surface area contributed by atoms with Gasteiger partial charge in [0.15, 0.2) is 0 Å². The Morgan fingerprint density at radius 3 is 2.72 bits per heavy atom. The first-order valence-corrected chi connectivity index (χ1v) is 6.25. The Balaban J connectivity index is 2.08. The molecule has 18 heavy (non-hydrogen) atoms. The van der Waals surface area contributed by atoms with Crippen molar-refractivity contribution in [1.82, 2.24) is 15.3 Å². The lowest BCUT2D eigenvalue weighted by atomic mass is 10.2. The highest BCUT2D eigenvalue weighted by molar-refractivity contribution is 5.59. The van der Waals surface area contributed by atoms with Crippen LogP contribution in [-0.2, 0) is 6.42 Å². The van der Waals surface area contributed by atoms with Gasteiger partial charge in [-0.15, -0.1) is 0 Å². The third-order valence-electron chi connectivity index (χ3n) is 2.72. The van der Waals surface area contributed by atoms with Crippen molar-refractivity contribution in [3.63, 3.8) is 0 Å². The fraction of sp³-hybridized carbons (Fsp3) is 0.357. The molecule has 0 amide bonds. The van der Waals surface area contributed by atoms with Crippen LogP contribution >= 0.6 is 0 Å². The van der Waals surface area contributed by atoms with Gasteiger partial charge in [-0.1, -0.05) is 0 Å². The molecule has 1 heterocycles. The summed E-state index contributed by atoms with van der Waals surface area (Å²) in [5.41, 5.74) is 2.17. The summed E-state index contributed by atoms with van der Waals surface area (Å²) in [6.45, 7) is 3.60. The number of likely N-dealkylation sites (N-methyl/N-ethyl adjacent to an activating group) is 1. The largest absolute Gasteiger partial charge is 0.494 e. The lowest BCUT2D eigenvalue weighted by Gasteiger charge is -2.03. The summed E-state index contributed by atoms with van der Waals surface area (Å²) in [5, 5.41) is 3.11. The summed E-state index contributed by atoms with van der Waals surface area (Å²) < 4.78 is 5.42. The molecule has 0 aliphatic heterocycles. The minimum Gasteiger partial charge on any atom is -0.494 e. The van der Waals surface area contributed by atoms with E-state index >= 15 is 0 Å². The molecule has 1 aromatic heterocycles. The molecular formula is C14H19N3O. The molecule has 0 fully saturated rings. The van der Waals surface area contributed by atoms with Crippen molar-refractivity contribution in [2.24, 2.45) is 0 Å². The first-order valence-electron chi connectivity index (χ1n) is 6.25. The predicted octanol–water partition coefficient (Wildman–Crippen LogP) is 2.24. The third kappa shape index (κ3) is 3.11. The zero-order valence-corrected chi connectivity index (χ0v) is 10.9. The summed E-state index contributed by atoms with van der Waals surface area (Å²) in [6, 6.07) is 8.04. The number of aromatic amines is 1. The topological polar surface area (TPSA) is 49.9 Å². The second-order valence-corrected chi connectivity index (χ2v) is 4.05. The van der Waals surface area contributed by atoms with Crippen molar-refractivity contribution in [3.8, 4) is 17.0 Å². The Bertz CT molecular complexity index is 476. The average molecular weight is 245 g/mol. The van der Waals surface area contributed by atoms with Gasteiger partial charge in [-0.2, -0.15) is 0 Å². The molecule has 0 saturated heterocycles. The predicted molar refractivity (Wildman–Crippen MR) is 72.8 cm³/mol. The number of H-pyrrole nitrogens is 1. The first kappa shape index (κ1) is 12.6. The molecule has 2 N–H and O–H groups in total. The Morgan fingerprint density at radius 2 is 2.06 bits per heavy atom. The molecule has 0 bridgehead atoms. The number of ether oxygens (including phenoxy) is 1. The lowest BCUT2D eigenvalue weighted by molar-refractivity contribution is 0.340. The maximum absolute atomic E-state index is 5.42. The van der Waals surface area contributed by atoms with E-state index in [9.17, 15) is 0 Å². The van der Waals surface area contributed by atoms with Gasteiger partial charge in [-0.25, -0.2) is 4.98 Å². The van der Waals surface area contributed by atoms with E-state index in [0.717, 1.165) is 35.8 Å². The van der Waals surface area contributed by atoms with Gasteiger partial charge in [0.1, 0.15) is 11.6 Å². The quantitative estimate of drug-likeness (QED) is 0.820. The second-order valence-electron chi connectivity index (χ2n) is 4.05. The highest BCUT2D eigenvalue weighted by Gasteiger charge is 2.03. The SMILES string of the molecule is CCOc1ccc(-c2cnc(CCNC)[nH]2)cc1. The van der Waals surface area contributed by atoms with Gasteiger partial charge < -0.3 is 15.0 Å². The number of aromatic nitrogens is 2. The molecule has 0 atom stereocenters. The average Bonchev–Trinajstić information content (AvgIpc) is 2.86. The molecule has 4 nitrogen and oxygen atoms in total. The molecule has 0 spiro atoms. The fourth-order valence-corrected chi connectivity index (χ4v) is 1.78. The minimum atomic E-state index is 0.692. The van der Waals surface area contributed by atoms with E-state index in [2.05, 4.69) is 15.3 Å². The van der Waals surface area contributed by atoms with E-state index in [-0.39, 0.29) is 0 Å². The van der Waals surface area contributed by atoms with E-state index < -0.39 is 0 Å². The summed E-state index contributed by atoms with van der Waals surface area (Å²) in [5.74, 6) is 1.91. The van der Waals surface area contributed by atoms with Crippen LogP contribution in [0.5, 0.6) is 5.75 Å². The molecule has 0 aliphatic carbocycles. The number of imidazole rings is 1. The van der Waals surface area contributed by atoms with Crippen LogP contribution in [0.15, 0.2) is 30.5 Å². The van der Waals surface area contributed by atoms with Crippen molar-refractivity contribution in [1.29, 1.82) is 0 Å². The molecule has 0 aliphatic rings. The molecule has 0 saturated carbocycles. The molecule has 2 rings (SSSR count). The van der Waals surface area contributed by atoms with Crippen LogP contribution in [0.4, 0.5) is 0 Å². The number of hydrogen-bond acceptors (Lipinski definition) is 3. The van der Waals surface area contributed by atoms with Gasteiger partial charge in [0.05, 0.1) is 18.5 Å². The van der Waals surface area contributed by atoms with Crippen molar-refractivity contribution < 1.29 is 4.74 Å². The molecule has 1 aromatic carbocycles. The smallest absolute Gasteiger partial charge is 0.119 e. The maximum atomic E-state index is 5.42. The summed E-state index contributed by atoms with van der Waals surface area (Å²) >= 11 is 0. The van der Waals surface area contributed by atoms with E-state index in [1.54, 1.807) is 0 Å². The molecular weight excluding hydrogens is 226 g/mol. The summed E-state index contributed by atoms with van der Waals surface area (Å²) in [4.78, 5) is 7.69. The van der Waals surface area contributed by atoms with Crippen LogP contribution in [-0.4, -0.2) is 30.2 Å². The number of nitrogens with zero attached hydrogens (tertiary/aromatic N) is 1. The zero-order chi connectivity index (χ0) is 12.8. The maximum Gasteiger partial charge on any atom is 0.119 e. The standard InChI is InChI=1S/C14H19N3O/c1-3-18-12-6-4-11(5-7-12)13-10-16-14(17-13)8-9-15-2/h4-7,10,15H,3,8-9H2,1-2H3,(H,16,17). The normalized spacial score (nSPS) is 10.6. The van der Waals surface area contributed by atoms with E-state index in [4.69, 9.17) is 4.74 Å². The minimum absolute atomic E-state index is 0.692. The highest BCUT2D eigenvalue weighted by Crippen LogP contribution is 2.20. The molecule has 2 aromatic rings. The van der Waals surface area contributed by atoms with Crippen LogP contribution in [0.3, 0.4) is 0 Å². The van der Waals surface area contributed by atoms with Crippen LogP contribution in [0, 0.1) is 0 Å². The van der Waals surface area contributed by atoms with Crippen molar-refractivity contribution in [3.05, 3.63) is 36.3 Å². The third-order valence-corrected chi connectivity index (χ3v) is 2.72. The Hall–Kier alpha value is -1.81. The fourth-order valence-electron chi connectivity index (χ4n) is 1.78. The Morgan fingerprint density at radius 1 is 1.28 bits per heavy atom. The highest BCUT2D eigenvalue weighted by atomic mass is 16.5. The van der Waals surface area contributed by atoms with Crippen LogP contribution in [0.1, 0.15) is 12.7 Å². The Kier molecular flexibility index (Phi) is 4.36. The van der Waals surface area contributed by atoms with Crippen LogP contribution < -0.4 is 10.1 Å². The van der Waals surface area contributed by atoms with Gasteiger partial charge in [0.25, 0.3) is 0 Å². The van der Waals surface area contributed by atoms with Gasteiger partial charge in [-0.3, -0.25) is 0 Å². The van der Waals surface area contributed by atoms with Crippen LogP contribution in [0.2, 0.25) is 0 Å². The van der Waals surface area contributed by atoms with Crippen molar-refractivity contribution in [2.45, 2.75) is 13.3 Å². The molecule has 0 radical (unpaired) electrons. The second kappa shape index (κ2) is 6.21. The van der Waals surface area contributed by atoms with Gasteiger partial charge in [0, 0.05) is 13.0 Å². The molecule has 96 valence electrons. The van der Waals surface area contributed by atoms with E-state index in [1.165, 1.54) is 0 Å².